The van der Waals surface area contributed by atoms with E-state index in [4.69, 9.17) is 10.8 Å². The van der Waals surface area contributed by atoms with E-state index in [1.807, 2.05) is 18.2 Å². The maximum atomic E-state index is 5.61. The summed E-state index contributed by atoms with van der Waals surface area (Å²) in [5, 5.41) is 0. The zero-order valence-electron chi connectivity index (χ0n) is 10.7. The van der Waals surface area contributed by atoms with Crippen molar-refractivity contribution < 1.29 is 0 Å². The Morgan fingerprint density at radius 2 is 1.89 bits per heavy atom. The van der Waals surface area contributed by atoms with E-state index in [2.05, 4.69) is 15.4 Å². The quantitative estimate of drug-likeness (QED) is 0.371. The number of nitrogens with one attached hydrogen (secondary N) is 1. The molecule has 1 saturated carbocycles. The first kappa shape index (κ1) is 12.0. The third-order valence-corrected chi connectivity index (χ3v) is 3.52. The Morgan fingerprint density at radius 1 is 1.16 bits per heavy atom. The fraction of sp³-hybridized carbons (Fsp3) is 0.357. The average molecular weight is 255 g/mol. The van der Waals surface area contributed by atoms with E-state index in [9.17, 15) is 0 Å². The SMILES string of the molecule is NNC(=NC1CCCC1)c1ccc2nccnc2c1. The summed E-state index contributed by atoms with van der Waals surface area (Å²) in [7, 11) is 0. The first-order chi connectivity index (χ1) is 9.36. The minimum absolute atomic E-state index is 0.392. The number of nitrogens with zero attached hydrogens (tertiary/aromatic N) is 3. The Balaban J connectivity index is 1.96. The lowest BCUT2D eigenvalue weighted by molar-refractivity contribution is 0.701. The van der Waals surface area contributed by atoms with E-state index < -0.39 is 0 Å². The lowest BCUT2D eigenvalue weighted by Crippen LogP contribution is -2.32. The molecule has 1 heterocycles. The standard InChI is InChI=1S/C14H17N5/c15-19-14(18-11-3-1-2-4-11)10-5-6-12-13(9-10)17-8-7-16-12/h5-9,11H,1-4,15H2,(H,18,19). The van der Waals surface area contributed by atoms with Gasteiger partial charge in [0.05, 0.1) is 17.1 Å². The van der Waals surface area contributed by atoms with Gasteiger partial charge in [-0.25, -0.2) is 5.84 Å². The third kappa shape index (κ3) is 2.56. The molecular weight excluding hydrogens is 238 g/mol. The smallest absolute Gasteiger partial charge is 0.142 e. The van der Waals surface area contributed by atoms with Crippen molar-refractivity contribution in [1.29, 1.82) is 0 Å². The van der Waals surface area contributed by atoms with Gasteiger partial charge in [0, 0.05) is 18.0 Å². The Kier molecular flexibility index (Phi) is 3.37. The molecule has 1 aromatic heterocycles. The number of fused-ring (bicyclic) bond motifs is 1. The van der Waals surface area contributed by atoms with Crippen molar-refractivity contribution in [3.63, 3.8) is 0 Å². The normalized spacial score (nSPS) is 17.0. The summed E-state index contributed by atoms with van der Waals surface area (Å²) < 4.78 is 0. The fourth-order valence-corrected chi connectivity index (χ4v) is 2.52. The van der Waals surface area contributed by atoms with Crippen molar-refractivity contribution in [2.45, 2.75) is 31.7 Å². The molecule has 1 aromatic carbocycles. The lowest BCUT2D eigenvalue weighted by atomic mass is 10.1. The molecule has 1 fully saturated rings. The third-order valence-electron chi connectivity index (χ3n) is 3.52. The summed E-state index contributed by atoms with van der Waals surface area (Å²) in [6, 6.07) is 6.28. The van der Waals surface area contributed by atoms with Crippen molar-refractivity contribution >= 4 is 16.9 Å². The van der Waals surface area contributed by atoms with Gasteiger partial charge in [-0.3, -0.25) is 15.0 Å². The van der Waals surface area contributed by atoms with Crippen LogP contribution < -0.4 is 11.3 Å². The van der Waals surface area contributed by atoms with Crippen LogP contribution in [-0.2, 0) is 0 Å². The molecule has 1 aliphatic carbocycles. The van der Waals surface area contributed by atoms with Crippen LogP contribution in [0.2, 0.25) is 0 Å². The van der Waals surface area contributed by atoms with Crippen LogP contribution in [0, 0.1) is 0 Å². The van der Waals surface area contributed by atoms with Crippen molar-refractivity contribution in [2.24, 2.45) is 10.8 Å². The van der Waals surface area contributed by atoms with Crippen LogP contribution in [0.15, 0.2) is 35.6 Å². The minimum atomic E-state index is 0.392. The van der Waals surface area contributed by atoms with Crippen LogP contribution in [0.1, 0.15) is 31.2 Å². The zero-order chi connectivity index (χ0) is 13.1. The second kappa shape index (κ2) is 5.32. The Bertz CT molecular complexity index is 602. The molecule has 5 heteroatoms. The van der Waals surface area contributed by atoms with Gasteiger partial charge in [0.25, 0.3) is 0 Å². The molecule has 98 valence electrons. The zero-order valence-corrected chi connectivity index (χ0v) is 10.7. The molecular formula is C14H17N5. The molecule has 5 nitrogen and oxygen atoms in total. The monoisotopic (exact) mass is 255 g/mol. The molecule has 0 unspecified atom stereocenters. The van der Waals surface area contributed by atoms with Crippen LogP contribution in [0.5, 0.6) is 0 Å². The summed E-state index contributed by atoms with van der Waals surface area (Å²) >= 11 is 0. The fourth-order valence-electron chi connectivity index (χ4n) is 2.52. The molecule has 0 atom stereocenters. The van der Waals surface area contributed by atoms with Gasteiger partial charge in [0.2, 0.25) is 0 Å². The second-order valence-corrected chi connectivity index (χ2v) is 4.82. The number of hydrazine groups is 1. The molecule has 0 spiro atoms. The van der Waals surface area contributed by atoms with E-state index in [0.29, 0.717) is 6.04 Å². The topological polar surface area (TPSA) is 76.2 Å². The van der Waals surface area contributed by atoms with Crippen molar-refractivity contribution in [3.8, 4) is 0 Å². The lowest BCUT2D eigenvalue weighted by Gasteiger charge is -2.10. The molecule has 1 aliphatic rings. The highest BCUT2D eigenvalue weighted by Gasteiger charge is 2.15. The van der Waals surface area contributed by atoms with Gasteiger partial charge in [-0.05, 0) is 31.0 Å². The summed E-state index contributed by atoms with van der Waals surface area (Å²) in [6.45, 7) is 0. The van der Waals surface area contributed by atoms with Gasteiger partial charge >= 0.3 is 0 Å². The van der Waals surface area contributed by atoms with Crippen LogP contribution in [0.25, 0.3) is 11.0 Å². The molecule has 0 saturated heterocycles. The van der Waals surface area contributed by atoms with E-state index >= 15 is 0 Å². The number of aliphatic imine (C=N–C) groups is 1. The molecule has 3 rings (SSSR count). The summed E-state index contributed by atoms with van der Waals surface area (Å²) in [6.07, 6.45) is 8.20. The van der Waals surface area contributed by atoms with Gasteiger partial charge in [0.1, 0.15) is 5.84 Å². The Hall–Kier alpha value is -2.01. The predicted molar refractivity (Wildman–Crippen MR) is 75.7 cm³/mol. The number of hydrogen-bond donors (Lipinski definition) is 2. The largest absolute Gasteiger partial charge is 0.308 e. The van der Waals surface area contributed by atoms with E-state index in [1.54, 1.807) is 12.4 Å². The van der Waals surface area contributed by atoms with Gasteiger partial charge in [0.15, 0.2) is 0 Å². The highest BCUT2D eigenvalue weighted by Crippen LogP contribution is 2.21. The van der Waals surface area contributed by atoms with Crippen LogP contribution in [0.3, 0.4) is 0 Å². The van der Waals surface area contributed by atoms with Gasteiger partial charge < -0.3 is 5.43 Å². The first-order valence-corrected chi connectivity index (χ1v) is 6.62. The maximum Gasteiger partial charge on any atom is 0.142 e. The van der Waals surface area contributed by atoms with Gasteiger partial charge in [-0.1, -0.05) is 12.8 Å². The van der Waals surface area contributed by atoms with Gasteiger partial charge in [-0.15, -0.1) is 0 Å². The number of rotatable bonds is 2. The Morgan fingerprint density at radius 3 is 2.63 bits per heavy atom. The van der Waals surface area contributed by atoms with Gasteiger partial charge in [-0.2, -0.15) is 0 Å². The second-order valence-electron chi connectivity index (χ2n) is 4.82. The molecule has 3 N–H and O–H groups in total. The number of hydrogen-bond acceptors (Lipinski definition) is 4. The first-order valence-electron chi connectivity index (χ1n) is 6.62. The van der Waals surface area contributed by atoms with Crippen LogP contribution >= 0.6 is 0 Å². The molecule has 2 aromatic rings. The number of amidine groups is 1. The number of aromatic nitrogens is 2. The van der Waals surface area contributed by atoms with E-state index in [-0.39, 0.29) is 0 Å². The number of benzene rings is 1. The van der Waals surface area contributed by atoms with Crippen LogP contribution in [-0.4, -0.2) is 21.8 Å². The molecule has 0 aliphatic heterocycles. The van der Waals surface area contributed by atoms with E-state index in [1.165, 1.54) is 12.8 Å². The van der Waals surface area contributed by atoms with Crippen molar-refractivity contribution in [2.75, 3.05) is 0 Å². The summed E-state index contributed by atoms with van der Waals surface area (Å²) in [5.41, 5.74) is 5.41. The minimum Gasteiger partial charge on any atom is -0.308 e. The molecule has 0 amide bonds. The summed E-state index contributed by atoms with van der Waals surface area (Å²) in [4.78, 5) is 13.3. The van der Waals surface area contributed by atoms with E-state index in [0.717, 1.165) is 35.3 Å². The molecule has 19 heavy (non-hydrogen) atoms. The molecule has 0 radical (unpaired) electrons. The maximum absolute atomic E-state index is 5.61. The number of nitrogens with two attached hydrogens (primary N) is 1. The Labute approximate surface area is 111 Å². The predicted octanol–water partition coefficient (Wildman–Crippen LogP) is 1.78. The van der Waals surface area contributed by atoms with Crippen molar-refractivity contribution in [3.05, 3.63) is 36.2 Å². The summed E-state index contributed by atoms with van der Waals surface area (Å²) in [5.74, 6) is 6.35. The average Bonchev–Trinajstić information content (AvgIpc) is 2.97. The molecule has 0 bridgehead atoms. The highest BCUT2D eigenvalue weighted by molar-refractivity contribution is 6.00. The highest BCUT2D eigenvalue weighted by atomic mass is 15.3. The van der Waals surface area contributed by atoms with Crippen molar-refractivity contribution in [1.82, 2.24) is 15.4 Å². The van der Waals surface area contributed by atoms with Crippen LogP contribution in [0.4, 0.5) is 0 Å².